The van der Waals surface area contributed by atoms with Gasteiger partial charge in [-0.2, -0.15) is 0 Å². The quantitative estimate of drug-likeness (QED) is 0.375. The Balaban J connectivity index is 2.59. The summed E-state index contributed by atoms with van der Waals surface area (Å²) < 4.78 is 0. The molecule has 1 heterocycles. The lowest BCUT2D eigenvalue weighted by Crippen LogP contribution is -1.85. The maximum Gasteiger partial charge on any atom is 0.0480 e. The summed E-state index contributed by atoms with van der Waals surface area (Å²) in [4.78, 5) is 3.89. The molecule has 0 fully saturated rings. The van der Waals surface area contributed by atoms with Gasteiger partial charge in [0.25, 0.3) is 0 Å². The van der Waals surface area contributed by atoms with E-state index in [0.717, 1.165) is 5.56 Å². The summed E-state index contributed by atoms with van der Waals surface area (Å²) in [5.41, 5.74) is 1.04. The van der Waals surface area contributed by atoms with Crippen LogP contribution < -0.4 is 0 Å². The molecule has 0 amide bonds. The van der Waals surface area contributed by atoms with Crippen LogP contribution in [0.25, 0.3) is 0 Å². The van der Waals surface area contributed by atoms with Gasteiger partial charge in [-0.25, -0.2) is 0 Å². The van der Waals surface area contributed by atoms with Gasteiger partial charge in [-0.1, -0.05) is 6.07 Å². The summed E-state index contributed by atoms with van der Waals surface area (Å²) in [5, 5.41) is 11.0. The van der Waals surface area contributed by atoms with E-state index in [9.17, 15) is 0 Å². The van der Waals surface area contributed by atoms with E-state index in [0.29, 0.717) is 6.42 Å². The van der Waals surface area contributed by atoms with Crippen LogP contribution in [0, 0.1) is 0 Å². The fourth-order valence-electron chi connectivity index (χ4n) is 0.665. The van der Waals surface area contributed by atoms with Gasteiger partial charge in [0.05, 0.1) is 0 Å². The maximum absolute atomic E-state index is 8.08. The Labute approximate surface area is 59.0 Å². The van der Waals surface area contributed by atoms with E-state index < -0.39 is 0 Å². The maximum atomic E-state index is 8.08. The molecule has 0 aliphatic carbocycles. The summed E-state index contributed by atoms with van der Waals surface area (Å²) in [5.74, 6) is 0. The summed E-state index contributed by atoms with van der Waals surface area (Å²) in [7, 11) is 0. The third kappa shape index (κ3) is 1.85. The first-order valence-electron chi connectivity index (χ1n) is 2.98. The lowest BCUT2D eigenvalue weighted by atomic mass is 10.2. The molecule has 10 heavy (non-hydrogen) atoms. The summed E-state index contributed by atoms with van der Waals surface area (Å²) in [6, 6.07) is 3.77. The number of hydrogen-bond acceptors (Lipinski definition) is 3. The van der Waals surface area contributed by atoms with Gasteiger partial charge < -0.3 is 5.21 Å². The molecule has 3 heteroatoms. The zero-order valence-corrected chi connectivity index (χ0v) is 5.44. The van der Waals surface area contributed by atoms with E-state index in [1.807, 2.05) is 12.1 Å². The monoisotopic (exact) mass is 136 g/mol. The van der Waals surface area contributed by atoms with Crippen LogP contribution in [0.2, 0.25) is 0 Å². The molecule has 0 atom stereocenters. The van der Waals surface area contributed by atoms with Gasteiger partial charge in [-0.05, 0) is 11.6 Å². The van der Waals surface area contributed by atoms with Gasteiger partial charge >= 0.3 is 0 Å². The third-order valence-electron chi connectivity index (χ3n) is 1.13. The number of pyridine rings is 1. The highest BCUT2D eigenvalue weighted by Crippen LogP contribution is 1.93. The van der Waals surface area contributed by atoms with Crippen LogP contribution >= 0.6 is 0 Å². The van der Waals surface area contributed by atoms with E-state index in [4.69, 9.17) is 5.21 Å². The normalized spacial score (nSPS) is 10.4. The van der Waals surface area contributed by atoms with E-state index in [1.165, 1.54) is 6.21 Å². The first-order valence-corrected chi connectivity index (χ1v) is 2.98. The molecule has 0 aliphatic heterocycles. The predicted molar refractivity (Wildman–Crippen MR) is 38.2 cm³/mol. The number of nitrogens with zero attached hydrogens (tertiary/aromatic N) is 2. The SMILES string of the molecule is ON=CCc1cccnc1. The second-order valence-electron chi connectivity index (χ2n) is 1.86. The van der Waals surface area contributed by atoms with Crippen molar-refractivity contribution in [2.24, 2.45) is 5.16 Å². The predicted octanol–water partition coefficient (Wildman–Crippen LogP) is 1.08. The molecule has 1 N–H and O–H groups in total. The summed E-state index contributed by atoms with van der Waals surface area (Å²) >= 11 is 0. The second-order valence-corrected chi connectivity index (χ2v) is 1.86. The summed E-state index contributed by atoms with van der Waals surface area (Å²) in [6.07, 6.45) is 5.50. The van der Waals surface area contributed by atoms with Crippen LogP contribution in [0.3, 0.4) is 0 Å². The molecule has 1 aromatic heterocycles. The Hall–Kier alpha value is -1.38. The van der Waals surface area contributed by atoms with Crippen LogP contribution in [0.4, 0.5) is 0 Å². The Morgan fingerprint density at radius 1 is 1.70 bits per heavy atom. The Morgan fingerprint density at radius 3 is 3.20 bits per heavy atom. The van der Waals surface area contributed by atoms with Crippen LogP contribution in [0.1, 0.15) is 5.56 Å². The zero-order valence-electron chi connectivity index (χ0n) is 5.44. The Morgan fingerprint density at radius 2 is 2.60 bits per heavy atom. The minimum Gasteiger partial charge on any atom is -0.411 e. The zero-order chi connectivity index (χ0) is 7.23. The van der Waals surface area contributed by atoms with Crippen molar-refractivity contribution in [3.63, 3.8) is 0 Å². The molecular formula is C7H8N2O. The average Bonchev–Trinajstić information content (AvgIpc) is 2.03. The van der Waals surface area contributed by atoms with Gasteiger partial charge in [0.2, 0.25) is 0 Å². The Bertz CT molecular complexity index is 208. The van der Waals surface area contributed by atoms with Crippen molar-refractivity contribution >= 4 is 6.21 Å². The molecule has 0 radical (unpaired) electrons. The van der Waals surface area contributed by atoms with Crippen LogP contribution in [-0.2, 0) is 6.42 Å². The third-order valence-corrected chi connectivity index (χ3v) is 1.13. The minimum atomic E-state index is 0.629. The first kappa shape index (κ1) is 6.74. The average molecular weight is 136 g/mol. The first-order chi connectivity index (χ1) is 4.93. The van der Waals surface area contributed by atoms with E-state index in [-0.39, 0.29) is 0 Å². The topological polar surface area (TPSA) is 45.5 Å². The highest BCUT2D eigenvalue weighted by atomic mass is 16.4. The van der Waals surface area contributed by atoms with Crippen molar-refractivity contribution in [1.82, 2.24) is 4.98 Å². The fraction of sp³-hybridized carbons (Fsp3) is 0.143. The molecule has 0 aliphatic rings. The highest BCUT2D eigenvalue weighted by molar-refractivity contribution is 5.60. The second kappa shape index (κ2) is 3.61. The molecule has 0 bridgehead atoms. The van der Waals surface area contributed by atoms with Gasteiger partial charge in [-0.3, -0.25) is 4.98 Å². The number of hydrogen-bond donors (Lipinski definition) is 1. The van der Waals surface area contributed by atoms with E-state index in [2.05, 4.69) is 10.1 Å². The standard InChI is InChI=1S/C7H8N2O/c10-9-5-3-7-2-1-4-8-6-7/h1-2,4-6,10H,3H2. The molecule has 0 aromatic carbocycles. The highest BCUT2D eigenvalue weighted by Gasteiger charge is 1.85. The molecule has 0 unspecified atom stereocenters. The lowest BCUT2D eigenvalue weighted by molar-refractivity contribution is 0.321. The van der Waals surface area contributed by atoms with E-state index in [1.54, 1.807) is 12.4 Å². The number of oxime groups is 1. The van der Waals surface area contributed by atoms with Crippen molar-refractivity contribution in [2.75, 3.05) is 0 Å². The largest absolute Gasteiger partial charge is 0.411 e. The molecule has 0 saturated heterocycles. The molecule has 1 aromatic rings. The van der Waals surface area contributed by atoms with Gasteiger partial charge in [0.1, 0.15) is 0 Å². The fourth-order valence-corrected chi connectivity index (χ4v) is 0.665. The van der Waals surface area contributed by atoms with Gasteiger partial charge in [0, 0.05) is 25.0 Å². The van der Waals surface area contributed by atoms with Crippen molar-refractivity contribution < 1.29 is 5.21 Å². The molecule has 52 valence electrons. The Kier molecular flexibility index (Phi) is 2.43. The molecule has 0 saturated carbocycles. The van der Waals surface area contributed by atoms with Crippen molar-refractivity contribution in [3.05, 3.63) is 30.1 Å². The number of aromatic nitrogens is 1. The van der Waals surface area contributed by atoms with Crippen molar-refractivity contribution in [1.29, 1.82) is 0 Å². The van der Waals surface area contributed by atoms with Crippen LogP contribution in [0.5, 0.6) is 0 Å². The molecular weight excluding hydrogens is 128 g/mol. The molecule has 0 spiro atoms. The van der Waals surface area contributed by atoms with Crippen LogP contribution in [-0.4, -0.2) is 16.4 Å². The number of rotatable bonds is 2. The molecule has 3 nitrogen and oxygen atoms in total. The summed E-state index contributed by atoms with van der Waals surface area (Å²) in [6.45, 7) is 0. The van der Waals surface area contributed by atoms with E-state index >= 15 is 0 Å². The minimum absolute atomic E-state index is 0.629. The smallest absolute Gasteiger partial charge is 0.0480 e. The van der Waals surface area contributed by atoms with Gasteiger partial charge in [-0.15, -0.1) is 5.16 Å². The molecule has 1 rings (SSSR count). The van der Waals surface area contributed by atoms with Crippen molar-refractivity contribution in [3.8, 4) is 0 Å². The van der Waals surface area contributed by atoms with Crippen LogP contribution in [0.15, 0.2) is 29.7 Å². The lowest BCUT2D eigenvalue weighted by Gasteiger charge is -1.90. The van der Waals surface area contributed by atoms with Crippen molar-refractivity contribution in [2.45, 2.75) is 6.42 Å². The van der Waals surface area contributed by atoms with Gasteiger partial charge in [0.15, 0.2) is 0 Å².